The number of rotatable bonds is 5. The number of carbonyl (C=O) groups is 1. The Bertz CT molecular complexity index is 1320. The summed E-state index contributed by atoms with van der Waals surface area (Å²) in [5.74, 6) is -0.303. The molecule has 4 rings (SSSR count). The molecule has 8 heteroatoms. The third kappa shape index (κ3) is 4.55. The molecular formula is C23H15ClN4O3. The number of ether oxygens (including phenoxy) is 1. The highest BCUT2D eigenvalue weighted by Crippen LogP contribution is 2.36. The van der Waals surface area contributed by atoms with Gasteiger partial charge in [0.2, 0.25) is 5.88 Å². The second-order valence-electron chi connectivity index (χ2n) is 6.61. The molecule has 152 valence electrons. The van der Waals surface area contributed by atoms with E-state index in [-0.39, 0.29) is 18.2 Å². The van der Waals surface area contributed by atoms with Gasteiger partial charge in [0.25, 0.3) is 0 Å². The molecule has 2 N–H and O–H groups in total. The Hall–Kier alpha value is -4.15. The Labute approximate surface area is 182 Å². The van der Waals surface area contributed by atoms with Gasteiger partial charge in [-0.1, -0.05) is 35.9 Å². The van der Waals surface area contributed by atoms with Gasteiger partial charge in [0.05, 0.1) is 17.1 Å². The number of aromatic nitrogens is 1. The third-order valence-corrected chi connectivity index (χ3v) is 4.77. The van der Waals surface area contributed by atoms with Crippen LogP contribution in [0.1, 0.15) is 5.56 Å². The van der Waals surface area contributed by atoms with Gasteiger partial charge in [0.1, 0.15) is 5.75 Å². The summed E-state index contributed by atoms with van der Waals surface area (Å²) < 4.78 is 5.46. The van der Waals surface area contributed by atoms with E-state index in [0.29, 0.717) is 27.2 Å². The molecule has 0 saturated carbocycles. The molecule has 0 aliphatic heterocycles. The second-order valence-corrected chi connectivity index (χ2v) is 7.04. The van der Waals surface area contributed by atoms with Gasteiger partial charge in [-0.15, -0.1) is 10.2 Å². The van der Waals surface area contributed by atoms with Crippen molar-refractivity contribution < 1.29 is 14.6 Å². The van der Waals surface area contributed by atoms with Crippen LogP contribution in [0.3, 0.4) is 0 Å². The number of azo groups is 1. The molecule has 3 aromatic carbocycles. The molecule has 0 saturated heterocycles. The lowest BCUT2D eigenvalue weighted by Crippen LogP contribution is -2.07. The van der Waals surface area contributed by atoms with Crippen LogP contribution in [-0.2, 0) is 4.79 Å². The lowest BCUT2D eigenvalue weighted by molar-refractivity contribution is -0.120. The Kier molecular flexibility index (Phi) is 5.65. The molecule has 0 atom stereocenters. The van der Waals surface area contributed by atoms with Crippen molar-refractivity contribution in [1.29, 1.82) is 5.26 Å². The zero-order chi connectivity index (χ0) is 21.8. The molecule has 0 fully saturated rings. The number of amides is 1. The van der Waals surface area contributed by atoms with E-state index in [1.165, 1.54) is 0 Å². The van der Waals surface area contributed by atoms with Gasteiger partial charge in [0, 0.05) is 10.4 Å². The van der Waals surface area contributed by atoms with Crippen molar-refractivity contribution in [2.45, 2.75) is 0 Å². The maximum absolute atomic E-state index is 12.0. The average molecular weight is 431 g/mol. The first-order chi connectivity index (χ1) is 15.0. The van der Waals surface area contributed by atoms with Crippen molar-refractivity contribution in [3.05, 3.63) is 77.3 Å². The van der Waals surface area contributed by atoms with Crippen LogP contribution in [0.5, 0.6) is 11.6 Å². The lowest BCUT2D eigenvalue weighted by atomic mass is 10.0. The molecule has 0 bridgehead atoms. The van der Waals surface area contributed by atoms with E-state index < -0.39 is 5.91 Å². The number of halogens is 1. The van der Waals surface area contributed by atoms with Crippen molar-refractivity contribution in [2.24, 2.45) is 10.2 Å². The van der Waals surface area contributed by atoms with Crippen molar-refractivity contribution in [3.8, 4) is 28.8 Å². The van der Waals surface area contributed by atoms with Gasteiger partial charge in [-0.2, -0.15) is 5.26 Å². The molecule has 1 heterocycles. The minimum Gasteiger partial charge on any atom is -0.493 e. The number of nitriles is 1. The summed E-state index contributed by atoms with van der Waals surface area (Å²) in [7, 11) is 0. The summed E-state index contributed by atoms with van der Waals surface area (Å²) in [6.07, 6.45) is 0. The van der Waals surface area contributed by atoms with Gasteiger partial charge in [-0.25, -0.2) is 0 Å². The maximum atomic E-state index is 12.0. The highest BCUT2D eigenvalue weighted by molar-refractivity contribution is 6.31. The number of carbonyl (C=O) groups excluding carboxylic acids is 1. The molecule has 31 heavy (non-hydrogen) atoms. The first-order valence-corrected chi connectivity index (χ1v) is 9.59. The van der Waals surface area contributed by atoms with Gasteiger partial charge < -0.3 is 14.8 Å². The average Bonchev–Trinajstić information content (AvgIpc) is 3.10. The molecule has 0 aliphatic carbocycles. The van der Waals surface area contributed by atoms with E-state index >= 15 is 0 Å². The molecule has 4 aromatic rings. The third-order valence-electron chi connectivity index (χ3n) is 4.54. The maximum Gasteiger partial charge on any atom is 0.302 e. The predicted octanol–water partition coefficient (Wildman–Crippen LogP) is 5.75. The fourth-order valence-electron chi connectivity index (χ4n) is 3.00. The number of nitrogens with zero attached hydrogens (tertiary/aromatic N) is 3. The van der Waals surface area contributed by atoms with E-state index in [1.807, 2.05) is 24.3 Å². The smallest absolute Gasteiger partial charge is 0.302 e. The van der Waals surface area contributed by atoms with Crippen LogP contribution in [0.4, 0.5) is 5.69 Å². The van der Waals surface area contributed by atoms with Crippen molar-refractivity contribution >= 4 is 34.1 Å². The Morgan fingerprint density at radius 1 is 1.06 bits per heavy atom. The van der Waals surface area contributed by atoms with Crippen molar-refractivity contribution in [2.75, 3.05) is 6.61 Å². The number of hydrogen-bond acceptors (Lipinski definition) is 5. The van der Waals surface area contributed by atoms with Crippen LogP contribution in [0.2, 0.25) is 5.02 Å². The quantitative estimate of drug-likeness (QED) is 0.392. The molecule has 1 amide bonds. The van der Waals surface area contributed by atoms with E-state index in [9.17, 15) is 9.90 Å². The van der Waals surface area contributed by atoms with Gasteiger partial charge in [0.15, 0.2) is 12.3 Å². The Morgan fingerprint density at radius 2 is 1.74 bits per heavy atom. The lowest BCUT2D eigenvalue weighted by Gasteiger charge is -2.05. The molecule has 0 aliphatic rings. The summed E-state index contributed by atoms with van der Waals surface area (Å²) in [6, 6.07) is 21.5. The van der Waals surface area contributed by atoms with Crippen LogP contribution in [0.25, 0.3) is 22.0 Å². The first kappa shape index (κ1) is 20.1. The zero-order valence-electron chi connectivity index (χ0n) is 16.0. The fourth-order valence-corrected chi connectivity index (χ4v) is 3.17. The van der Waals surface area contributed by atoms with Crippen LogP contribution < -0.4 is 4.74 Å². The van der Waals surface area contributed by atoms with Crippen LogP contribution in [0.15, 0.2) is 77.0 Å². The number of aromatic amines is 1. The summed E-state index contributed by atoms with van der Waals surface area (Å²) in [5, 5.41) is 27.4. The minimum atomic E-state index is -0.605. The molecule has 0 radical (unpaired) electrons. The minimum absolute atomic E-state index is 0.137. The summed E-state index contributed by atoms with van der Waals surface area (Å²) in [4.78, 5) is 14.8. The second kappa shape index (κ2) is 8.69. The topological polar surface area (TPSA) is 111 Å². The Balaban J connectivity index is 1.39. The fraction of sp³-hybridized carbons (Fsp3) is 0.0435. The highest BCUT2D eigenvalue weighted by atomic mass is 35.5. The monoisotopic (exact) mass is 430 g/mol. The van der Waals surface area contributed by atoms with Gasteiger partial charge >= 0.3 is 5.91 Å². The Morgan fingerprint density at radius 3 is 2.42 bits per heavy atom. The number of H-pyrrole nitrogens is 1. The van der Waals surface area contributed by atoms with E-state index in [1.54, 1.807) is 42.5 Å². The zero-order valence-corrected chi connectivity index (χ0v) is 16.8. The van der Waals surface area contributed by atoms with E-state index in [4.69, 9.17) is 21.6 Å². The highest BCUT2D eigenvalue weighted by Gasteiger charge is 2.12. The molecular weight excluding hydrogens is 416 g/mol. The number of aromatic hydroxyl groups is 1. The van der Waals surface area contributed by atoms with Gasteiger partial charge in [-0.05, 0) is 53.6 Å². The van der Waals surface area contributed by atoms with E-state index in [2.05, 4.69) is 21.3 Å². The largest absolute Gasteiger partial charge is 0.493 e. The van der Waals surface area contributed by atoms with Gasteiger partial charge in [-0.3, -0.25) is 4.79 Å². The summed E-state index contributed by atoms with van der Waals surface area (Å²) in [6.45, 7) is -0.302. The molecule has 1 aromatic heterocycles. The summed E-state index contributed by atoms with van der Waals surface area (Å²) >= 11 is 5.98. The van der Waals surface area contributed by atoms with Crippen LogP contribution in [-0.4, -0.2) is 22.6 Å². The standard InChI is InChI=1S/C23H15ClN4O3/c24-17-7-10-20-19(11-17)22(23(30)26-20)28-27-21(29)13-31-18-8-5-16(6-9-18)15-3-1-14(12-25)2-4-15/h1-11,26,30H,13H2. The molecule has 0 unspecified atom stereocenters. The molecule has 7 nitrogen and oxygen atoms in total. The van der Waals surface area contributed by atoms with Crippen molar-refractivity contribution in [3.63, 3.8) is 0 Å². The van der Waals surface area contributed by atoms with Crippen LogP contribution in [0, 0.1) is 11.3 Å². The van der Waals surface area contributed by atoms with Crippen molar-refractivity contribution in [1.82, 2.24) is 4.98 Å². The number of hydrogen-bond donors (Lipinski definition) is 2. The number of nitrogens with one attached hydrogen (secondary N) is 1. The number of benzene rings is 3. The first-order valence-electron chi connectivity index (χ1n) is 9.21. The SMILES string of the molecule is N#Cc1ccc(-c2ccc(OCC(=O)N=Nc3c(O)[nH]c4ccc(Cl)cc34)cc2)cc1. The summed E-state index contributed by atoms with van der Waals surface area (Å²) in [5.41, 5.74) is 3.28. The van der Waals surface area contributed by atoms with E-state index in [0.717, 1.165) is 11.1 Å². The molecule has 0 spiro atoms. The van der Waals surface area contributed by atoms with Crippen LogP contribution >= 0.6 is 11.6 Å². The normalized spacial score (nSPS) is 11.0. The number of fused-ring (bicyclic) bond motifs is 1. The predicted molar refractivity (Wildman–Crippen MR) is 117 cm³/mol.